The minimum Gasteiger partial charge on any atom is -0.0925 e. The monoisotopic (exact) mass is 280 g/mol. The highest BCUT2D eigenvalue weighted by Crippen LogP contribution is 2.24. The van der Waals surface area contributed by atoms with E-state index in [1.165, 1.54) is 16.7 Å². The van der Waals surface area contributed by atoms with Crippen LogP contribution in [0.5, 0.6) is 0 Å². The normalized spacial score (nSPS) is 12.9. The van der Waals surface area contributed by atoms with Gasteiger partial charge in [0.1, 0.15) is 0 Å². The molecule has 0 saturated carbocycles. The Morgan fingerprint density at radius 2 is 1.75 bits per heavy atom. The first-order valence-corrected chi connectivity index (χ1v) is 6.91. The standard InChI is InChI=1S/C15H21Br/c1-12(6-5-11-16)13-7-9-14(10-8-13)15(2,3)4/h6-10H,5,11H2,1-4H3. The highest BCUT2D eigenvalue weighted by atomic mass is 79.9. The first kappa shape index (κ1) is 13.5. The van der Waals surface area contributed by atoms with E-state index < -0.39 is 0 Å². The Labute approximate surface area is 108 Å². The second-order valence-corrected chi connectivity index (χ2v) is 5.99. The molecule has 0 aliphatic heterocycles. The quantitative estimate of drug-likeness (QED) is 0.670. The van der Waals surface area contributed by atoms with Gasteiger partial charge in [-0.3, -0.25) is 0 Å². The Hall–Kier alpha value is -0.560. The Kier molecular flexibility index (Phi) is 4.79. The molecular formula is C15H21Br. The van der Waals surface area contributed by atoms with Gasteiger partial charge in [-0.05, 0) is 35.5 Å². The zero-order valence-electron chi connectivity index (χ0n) is 10.7. The van der Waals surface area contributed by atoms with Crippen molar-refractivity contribution in [2.75, 3.05) is 5.33 Å². The third kappa shape index (κ3) is 3.79. The molecular weight excluding hydrogens is 260 g/mol. The van der Waals surface area contributed by atoms with Crippen LogP contribution in [0, 0.1) is 0 Å². The first-order valence-electron chi connectivity index (χ1n) is 5.79. The lowest BCUT2D eigenvalue weighted by molar-refractivity contribution is 0.590. The number of halogens is 1. The molecule has 0 spiro atoms. The molecule has 1 aromatic rings. The zero-order chi connectivity index (χ0) is 12.2. The molecule has 1 rings (SSSR count). The van der Waals surface area contributed by atoms with E-state index in [0.717, 1.165) is 11.8 Å². The molecule has 1 aromatic carbocycles. The van der Waals surface area contributed by atoms with E-state index in [-0.39, 0.29) is 5.41 Å². The highest BCUT2D eigenvalue weighted by Gasteiger charge is 2.12. The van der Waals surface area contributed by atoms with Crippen LogP contribution in [0.3, 0.4) is 0 Å². The molecule has 0 nitrogen and oxygen atoms in total. The summed E-state index contributed by atoms with van der Waals surface area (Å²) < 4.78 is 0. The predicted molar refractivity (Wildman–Crippen MR) is 77.2 cm³/mol. The van der Waals surface area contributed by atoms with Crippen molar-refractivity contribution >= 4 is 21.5 Å². The molecule has 0 aromatic heterocycles. The topological polar surface area (TPSA) is 0 Å². The van der Waals surface area contributed by atoms with Gasteiger partial charge in [-0.1, -0.05) is 67.0 Å². The molecule has 0 fully saturated rings. The first-order chi connectivity index (χ1) is 7.45. The minimum absolute atomic E-state index is 0.242. The SMILES string of the molecule is CC(=CCCBr)c1ccc(C(C)(C)C)cc1. The molecule has 0 saturated heterocycles. The summed E-state index contributed by atoms with van der Waals surface area (Å²) in [7, 11) is 0. The van der Waals surface area contributed by atoms with Gasteiger partial charge in [-0.2, -0.15) is 0 Å². The highest BCUT2D eigenvalue weighted by molar-refractivity contribution is 9.09. The smallest absolute Gasteiger partial charge is 0.00661 e. The van der Waals surface area contributed by atoms with Crippen LogP contribution in [-0.4, -0.2) is 5.33 Å². The average Bonchev–Trinajstić information content (AvgIpc) is 2.25. The summed E-state index contributed by atoms with van der Waals surface area (Å²) in [5.41, 5.74) is 4.32. The van der Waals surface area contributed by atoms with E-state index in [2.05, 4.69) is 74.0 Å². The van der Waals surface area contributed by atoms with Crippen LogP contribution in [0.2, 0.25) is 0 Å². The predicted octanol–water partition coefficient (Wildman–Crippen LogP) is 5.17. The maximum Gasteiger partial charge on any atom is 0.00661 e. The number of benzene rings is 1. The van der Waals surface area contributed by atoms with Gasteiger partial charge < -0.3 is 0 Å². The van der Waals surface area contributed by atoms with Crippen LogP contribution in [0.15, 0.2) is 30.3 Å². The number of hydrogen-bond acceptors (Lipinski definition) is 0. The van der Waals surface area contributed by atoms with E-state index in [0.29, 0.717) is 0 Å². The van der Waals surface area contributed by atoms with E-state index in [4.69, 9.17) is 0 Å². The lowest BCUT2D eigenvalue weighted by Gasteiger charge is -2.19. The van der Waals surface area contributed by atoms with Crippen LogP contribution in [0.25, 0.3) is 5.57 Å². The lowest BCUT2D eigenvalue weighted by atomic mass is 9.86. The molecule has 0 N–H and O–H groups in total. The van der Waals surface area contributed by atoms with Crippen molar-refractivity contribution in [3.8, 4) is 0 Å². The molecule has 0 bridgehead atoms. The summed E-state index contributed by atoms with van der Waals surface area (Å²) in [4.78, 5) is 0. The van der Waals surface area contributed by atoms with Crippen molar-refractivity contribution in [1.29, 1.82) is 0 Å². The summed E-state index contributed by atoms with van der Waals surface area (Å²) >= 11 is 3.44. The summed E-state index contributed by atoms with van der Waals surface area (Å²) in [6.45, 7) is 8.91. The third-order valence-corrected chi connectivity index (χ3v) is 3.22. The third-order valence-electron chi connectivity index (χ3n) is 2.77. The Bertz CT molecular complexity index is 352. The molecule has 0 amide bonds. The van der Waals surface area contributed by atoms with E-state index >= 15 is 0 Å². The number of alkyl halides is 1. The fourth-order valence-corrected chi connectivity index (χ4v) is 1.85. The van der Waals surface area contributed by atoms with Gasteiger partial charge in [0, 0.05) is 5.33 Å². The van der Waals surface area contributed by atoms with Crippen molar-refractivity contribution in [2.24, 2.45) is 0 Å². The van der Waals surface area contributed by atoms with Gasteiger partial charge in [-0.25, -0.2) is 0 Å². The minimum atomic E-state index is 0.242. The van der Waals surface area contributed by atoms with Crippen LogP contribution in [-0.2, 0) is 5.41 Å². The van der Waals surface area contributed by atoms with Gasteiger partial charge in [-0.15, -0.1) is 0 Å². The molecule has 0 aliphatic carbocycles. The van der Waals surface area contributed by atoms with Crippen molar-refractivity contribution in [1.82, 2.24) is 0 Å². The summed E-state index contributed by atoms with van der Waals surface area (Å²) in [5, 5.41) is 1.03. The maximum absolute atomic E-state index is 3.44. The molecule has 16 heavy (non-hydrogen) atoms. The van der Waals surface area contributed by atoms with Crippen LogP contribution >= 0.6 is 15.9 Å². The fourth-order valence-electron chi connectivity index (χ4n) is 1.62. The van der Waals surface area contributed by atoms with E-state index in [9.17, 15) is 0 Å². The molecule has 0 heterocycles. The molecule has 1 heteroatoms. The van der Waals surface area contributed by atoms with Gasteiger partial charge in [0.25, 0.3) is 0 Å². The maximum atomic E-state index is 3.44. The summed E-state index contributed by atoms with van der Waals surface area (Å²) in [5.74, 6) is 0. The second-order valence-electron chi connectivity index (χ2n) is 5.19. The zero-order valence-corrected chi connectivity index (χ0v) is 12.3. The molecule has 0 unspecified atom stereocenters. The van der Waals surface area contributed by atoms with Gasteiger partial charge in [0.05, 0.1) is 0 Å². The van der Waals surface area contributed by atoms with E-state index in [1.807, 2.05) is 0 Å². The number of allylic oxidation sites excluding steroid dienone is 2. The van der Waals surface area contributed by atoms with Crippen molar-refractivity contribution in [3.05, 3.63) is 41.5 Å². The Morgan fingerprint density at radius 3 is 2.19 bits per heavy atom. The van der Waals surface area contributed by atoms with Crippen molar-refractivity contribution in [3.63, 3.8) is 0 Å². The van der Waals surface area contributed by atoms with Gasteiger partial charge in [0.15, 0.2) is 0 Å². The van der Waals surface area contributed by atoms with Gasteiger partial charge >= 0.3 is 0 Å². The van der Waals surface area contributed by atoms with Crippen LogP contribution in [0.1, 0.15) is 45.2 Å². The fraction of sp³-hybridized carbons (Fsp3) is 0.467. The Balaban J connectivity index is 2.87. The van der Waals surface area contributed by atoms with E-state index in [1.54, 1.807) is 0 Å². The average molecular weight is 281 g/mol. The van der Waals surface area contributed by atoms with Gasteiger partial charge in [0.2, 0.25) is 0 Å². The molecule has 0 aliphatic rings. The second kappa shape index (κ2) is 5.67. The largest absolute Gasteiger partial charge is 0.0925 e. The Morgan fingerprint density at radius 1 is 1.19 bits per heavy atom. The lowest BCUT2D eigenvalue weighted by Crippen LogP contribution is -2.10. The number of rotatable bonds is 3. The molecule has 88 valence electrons. The molecule has 0 atom stereocenters. The number of hydrogen-bond donors (Lipinski definition) is 0. The van der Waals surface area contributed by atoms with Crippen molar-refractivity contribution in [2.45, 2.75) is 39.5 Å². The summed E-state index contributed by atoms with van der Waals surface area (Å²) in [6.07, 6.45) is 3.37. The molecule has 0 radical (unpaired) electrons. The van der Waals surface area contributed by atoms with Crippen molar-refractivity contribution < 1.29 is 0 Å². The van der Waals surface area contributed by atoms with Crippen LogP contribution < -0.4 is 0 Å². The summed E-state index contributed by atoms with van der Waals surface area (Å²) in [6, 6.07) is 8.92. The van der Waals surface area contributed by atoms with Crippen LogP contribution in [0.4, 0.5) is 0 Å².